The van der Waals surface area contributed by atoms with Crippen molar-refractivity contribution in [3.63, 3.8) is 0 Å². The molecule has 0 bridgehead atoms. The first-order valence-corrected chi connectivity index (χ1v) is 5.49. The summed E-state index contributed by atoms with van der Waals surface area (Å²) < 4.78 is 0.908. The van der Waals surface area contributed by atoms with E-state index in [-0.39, 0.29) is 11.7 Å². The standard InChI is InChI=1S/C11H12INO2/c1-7(2)6-13-11(15)9-5-8(12)3-4-10(9)14/h3-5,14H,1,6H2,2H3,(H,13,15). The maximum absolute atomic E-state index is 11.6. The predicted octanol–water partition coefficient (Wildman–Crippen LogP) is 2.30. The Labute approximate surface area is 102 Å². The van der Waals surface area contributed by atoms with Crippen LogP contribution in [0.4, 0.5) is 0 Å². The highest BCUT2D eigenvalue weighted by atomic mass is 127. The van der Waals surface area contributed by atoms with Gasteiger partial charge < -0.3 is 10.4 Å². The van der Waals surface area contributed by atoms with Gasteiger partial charge in [0.25, 0.3) is 5.91 Å². The highest BCUT2D eigenvalue weighted by molar-refractivity contribution is 14.1. The molecule has 0 atom stereocenters. The van der Waals surface area contributed by atoms with Crippen LogP contribution in [0.3, 0.4) is 0 Å². The summed E-state index contributed by atoms with van der Waals surface area (Å²) in [6.07, 6.45) is 0. The van der Waals surface area contributed by atoms with E-state index in [9.17, 15) is 9.90 Å². The van der Waals surface area contributed by atoms with E-state index in [4.69, 9.17) is 0 Å². The lowest BCUT2D eigenvalue weighted by Crippen LogP contribution is -2.24. The van der Waals surface area contributed by atoms with Gasteiger partial charge in [0, 0.05) is 10.1 Å². The van der Waals surface area contributed by atoms with Gasteiger partial charge in [-0.25, -0.2) is 0 Å². The number of amides is 1. The van der Waals surface area contributed by atoms with E-state index < -0.39 is 0 Å². The fourth-order valence-electron chi connectivity index (χ4n) is 1.02. The second-order valence-corrected chi connectivity index (χ2v) is 4.55. The number of halogens is 1. The number of rotatable bonds is 3. The summed E-state index contributed by atoms with van der Waals surface area (Å²) in [4.78, 5) is 11.6. The predicted molar refractivity (Wildman–Crippen MR) is 68.0 cm³/mol. The van der Waals surface area contributed by atoms with Crippen molar-refractivity contribution in [2.45, 2.75) is 6.92 Å². The molecule has 0 fully saturated rings. The van der Waals surface area contributed by atoms with Crippen LogP contribution in [0.5, 0.6) is 5.75 Å². The first kappa shape index (κ1) is 12.0. The minimum Gasteiger partial charge on any atom is -0.507 e. The minimum absolute atomic E-state index is 0.00497. The van der Waals surface area contributed by atoms with E-state index in [2.05, 4.69) is 34.5 Å². The van der Waals surface area contributed by atoms with Crippen molar-refractivity contribution >= 4 is 28.5 Å². The van der Waals surface area contributed by atoms with Gasteiger partial charge in [-0.3, -0.25) is 4.79 Å². The molecule has 1 amide bonds. The van der Waals surface area contributed by atoms with Crippen molar-refractivity contribution in [3.8, 4) is 5.75 Å². The largest absolute Gasteiger partial charge is 0.507 e. The maximum atomic E-state index is 11.6. The second kappa shape index (κ2) is 5.16. The molecule has 3 nitrogen and oxygen atoms in total. The number of carbonyl (C=O) groups is 1. The Balaban J connectivity index is 2.81. The number of aromatic hydroxyl groups is 1. The summed E-state index contributed by atoms with van der Waals surface area (Å²) in [6.45, 7) is 5.93. The highest BCUT2D eigenvalue weighted by Crippen LogP contribution is 2.19. The van der Waals surface area contributed by atoms with Gasteiger partial charge in [-0.2, -0.15) is 0 Å². The van der Waals surface area contributed by atoms with Crippen LogP contribution in [0.15, 0.2) is 30.4 Å². The molecule has 4 heteroatoms. The first-order valence-electron chi connectivity index (χ1n) is 4.42. The molecule has 0 radical (unpaired) electrons. The van der Waals surface area contributed by atoms with E-state index in [1.807, 2.05) is 6.92 Å². The molecule has 2 N–H and O–H groups in total. The fraction of sp³-hybridized carbons (Fsp3) is 0.182. The van der Waals surface area contributed by atoms with E-state index in [1.54, 1.807) is 12.1 Å². The lowest BCUT2D eigenvalue weighted by Gasteiger charge is -2.06. The van der Waals surface area contributed by atoms with Gasteiger partial charge in [-0.05, 0) is 47.7 Å². The second-order valence-electron chi connectivity index (χ2n) is 3.30. The van der Waals surface area contributed by atoms with Gasteiger partial charge in [0.05, 0.1) is 5.56 Å². The maximum Gasteiger partial charge on any atom is 0.255 e. The minimum atomic E-state index is -0.283. The molecule has 0 heterocycles. The third kappa shape index (κ3) is 3.54. The first-order chi connectivity index (χ1) is 7.00. The normalized spacial score (nSPS) is 9.73. The van der Waals surface area contributed by atoms with E-state index >= 15 is 0 Å². The molecule has 1 aromatic rings. The Morgan fingerprint density at radius 1 is 1.60 bits per heavy atom. The number of nitrogens with one attached hydrogen (secondary N) is 1. The van der Waals surface area contributed by atoms with Gasteiger partial charge in [-0.1, -0.05) is 12.2 Å². The molecule has 0 spiro atoms. The van der Waals surface area contributed by atoms with Crippen molar-refractivity contribution in [2.24, 2.45) is 0 Å². The van der Waals surface area contributed by atoms with E-state index in [1.165, 1.54) is 6.07 Å². The smallest absolute Gasteiger partial charge is 0.255 e. The van der Waals surface area contributed by atoms with Gasteiger partial charge >= 0.3 is 0 Å². The van der Waals surface area contributed by atoms with Crippen LogP contribution in [0.1, 0.15) is 17.3 Å². The van der Waals surface area contributed by atoms with Gasteiger partial charge in [-0.15, -0.1) is 0 Å². The van der Waals surface area contributed by atoms with Crippen LogP contribution >= 0.6 is 22.6 Å². The summed E-state index contributed by atoms with van der Waals surface area (Å²) >= 11 is 2.09. The van der Waals surface area contributed by atoms with Gasteiger partial charge in [0.2, 0.25) is 0 Å². The van der Waals surface area contributed by atoms with Gasteiger partial charge in [0.15, 0.2) is 0 Å². The number of phenolic OH excluding ortho intramolecular Hbond substituents is 1. The monoisotopic (exact) mass is 317 g/mol. The molecule has 0 saturated carbocycles. The molecule has 80 valence electrons. The fourth-order valence-corrected chi connectivity index (χ4v) is 1.51. The molecular formula is C11H12INO2. The van der Waals surface area contributed by atoms with E-state index in [0.29, 0.717) is 12.1 Å². The molecule has 1 aromatic carbocycles. The number of benzene rings is 1. The zero-order chi connectivity index (χ0) is 11.4. The van der Waals surface area contributed by atoms with E-state index in [0.717, 1.165) is 9.14 Å². The van der Waals surface area contributed by atoms with Crippen molar-refractivity contribution in [3.05, 3.63) is 39.5 Å². The summed E-state index contributed by atoms with van der Waals surface area (Å²) in [5.74, 6) is -0.288. The molecule has 0 aliphatic heterocycles. The number of hydrogen-bond acceptors (Lipinski definition) is 2. The lowest BCUT2D eigenvalue weighted by molar-refractivity contribution is 0.0954. The number of hydrogen-bond donors (Lipinski definition) is 2. The molecule has 0 unspecified atom stereocenters. The van der Waals surface area contributed by atoms with Crippen LogP contribution < -0.4 is 5.32 Å². The average Bonchev–Trinajstić information content (AvgIpc) is 2.18. The van der Waals surface area contributed by atoms with Crippen LogP contribution in [-0.4, -0.2) is 17.6 Å². The molecule has 0 saturated heterocycles. The molecule has 0 aliphatic carbocycles. The molecule has 0 aromatic heterocycles. The Bertz CT molecular complexity index is 402. The zero-order valence-corrected chi connectivity index (χ0v) is 10.5. The average molecular weight is 317 g/mol. The molecular weight excluding hydrogens is 305 g/mol. The van der Waals surface area contributed by atoms with Crippen molar-refractivity contribution in [1.29, 1.82) is 0 Å². The Morgan fingerprint density at radius 2 is 2.27 bits per heavy atom. The third-order valence-electron chi connectivity index (χ3n) is 1.75. The molecule has 15 heavy (non-hydrogen) atoms. The zero-order valence-electron chi connectivity index (χ0n) is 8.38. The Hall–Kier alpha value is -1.04. The molecule has 0 aliphatic rings. The third-order valence-corrected chi connectivity index (χ3v) is 2.42. The van der Waals surface area contributed by atoms with Crippen LogP contribution in [0.2, 0.25) is 0 Å². The van der Waals surface area contributed by atoms with Crippen LogP contribution in [0, 0.1) is 3.57 Å². The van der Waals surface area contributed by atoms with Crippen molar-refractivity contribution in [2.75, 3.05) is 6.54 Å². The number of carbonyl (C=O) groups excluding carboxylic acids is 1. The van der Waals surface area contributed by atoms with Crippen molar-refractivity contribution in [1.82, 2.24) is 5.32 Å². The Kier molecular flexibility index (Phi) is 4.14. The topological polar surface area (TPSA) is 49.3 Å². The van der Waals surface area contributed by atoms with Crippen molar-refractivity contribution < 1.29 is 9.90 Å². The summed E-state index contributed by atoms with van der Waals surface area (Å²) in [7, 11) is 0. The quantitative estimate of drug-likeness (QED) is 0.664. The van der Waals surface area contributed by atoms with Gasteiger partial charge in [0.1, 0.15) is 5.75 Å². The Morgan fingerprint density at radius 3 is 2.87 bits per heavy atom. The number of phenols is 1. The highest BCUT2D eigenvalue weighted by Gasteiger charge is 2.10. The molecule has 1 rings (SSSR count). The van der Waals surface area contributed by atoms with Crippen LogP contribution in [-0.2, 0) is 0 Å². The summed E-state index contributed by atoms with van der Waals surface area (Å²) in [6, 6.07) is 4.90. The SMILES string of the molecule is C=C(C)CNC(=O)c1cc(I)ccc1O. The summed E-state index contributed by atoms with van der Waals surface area (Å²) in [5, 5.41) is 12.1. The summed E-state index contributed by atoms with van der Waals surface area (Å²) in [5.41, 5.74) is 1.16. The van der Waals surface area contributed by atoms with Crippen LogP contribution in [0.25, 0.3) is 0 Å². The lowest BCUT2D eigenvalue weighted by atomic mass is 10.2.